The van der Waals surface area contributed by atoms with Gasteiger partial charge in [0.2, 0.25) is 0 Å². The molecule has 0 aromatic heterocycles. The first kappa shape index (κ1) is 29.3. The summed E-state index contributed by atoms with van der Waals surface area (Å²) in [6.45, 7) is 4.12. The van der Waals surface area contributed by atoms with Crippen LogP contribution in [-0.2, 0) is 15.8 Å². The normalized spacial score (nSPS) is 21.8. The fourth-order valence-corrected chi connectivity index (χ4v) is 5.76. The van der Waals surface area contributed by atoms with Crippen molar-refractivity contribution in [1.29, 1.82) is 0 Å². The van der Waals surface area contributed by atoms with E-state index in [1.807, 2.05) is 11.8 Å². The number of aliphatic carboxylic acids is 1. The van der Waals surface area contributed by atoms with Crippen molar-refractivity contribution in [2.24, 2.45) is 10.9 Å². The second-order valence-corrected chi connectivity index (χ2v) is 10.5. The van der Waals surface area contributed by atoms with Crippen LogP contribution in [0.15, 0.2) is 53.5 Å². The number of carboxylic acids is 1. The number of hydrogen-bond donors (Lipinski definition) is 2. The second-order valence-electron chi connectivity index (χ2n) is 10.5. The molecule has 0 radical (unpaired) electrons. The highest BCUT2D eigenvalue weighted by atomic mass is 19.4. The number of nitrogens with zero attached hydrogens (tertiary/aromatic N) is 2. The number of hydrogen-bond acceptors (Lipinski definition) is 4. The highest BCUT2D eigenvalue weighted by Crippen LogP contribution is 2.47. The standard InChI is InChI=1S/C30H34F3N3O4/c1-3-19-13-16-29(17-14-19)35-26(21-9-11-23(12-10-21)30(31,32)33)28(40)36(29)24(4-2)20-5-7-22(8-6-20)27(39)34-18-15-25(37)38/h5-12,19,24H,3-4,13-18H2,1-2H3,(H,34,39)(H,37,38)/t19?,24-,29?/m1/s1. The smallest absolute Gasteiger partial charge is 0.416 e. The third kappa shape index (κ3) is 6.05. The monoisotopic (exact) mass is 557 g/mol. The molecular formula is C30H34F3N3O4. The van der Waals surface area contributed by atoms with Crippen molar-refractivity contribution >= 4 is 23.5 Å². The van der Waals surface area contributed by atoms with Crippen molar-refractivity contribution in [3.8, 4) is 0 Å². The third-order valence-corrected chi connectivity index (χ3v) is 8.04. The zero-order chi connectivity index (χ0) is 29.1. The zero-order valence-electron chi connectivity index (χ0n) is 22.6. The first-order chi connectivity index (χ1) is 19.0. The number of carboxylic acid groups (broad SMARTS) is 1. The SMILES string of the molecule is CCC1CCC2(CC1)N=C(c1ccc(C(F)(F)F)cc1)C(=O)N2[C@H](CC)c1ccc(C(=O)NCCC(=O)O)cc1. The molecule has 40 heavy (non-hydrogen) atoms. The van der Waals surface area contributed by atoms with Crippen molar-refractivity contribution in [3.63, 3.8) is 0 Å². The molecule has 10 heteroatoms. The number of carbonyl (C=O) groups excluding carboxylic acids is 2. The Kier molecular flexibility index (Phi) is 8.65. The number of alkyl halides is 3. The van der Waals surface area contributed by atoms with Gasteiger partial charge in [0.1, 0.15) is 11.4 Å². The van der Waals surface area contributed by atoms with Gasteiger partial charge in [-0.3, -0.25) is 19.4 Å². The minimum atomic E-state index is -4.47. The summed E-state index contributed by atoms with van der Waals surface area (Å²) >= 11 is 0. The Bertz CT molecular complexity index is 1260. The van der Waals surface area contributed by atoms with E-state index >= 15 is 0 Å². The lowest BCUT2D eigenvalue weighted by atomic mass is 9.79. The maximum atomic E-state index is 14.0. The molecule has 1 spiro atoms. The second kappa shape index (κ2) is 11.8. The van der Waals surface area contributed by atoms with Crippen LogP contribution < -0.4 is 5.32 Å². The first-order valence-corrected chi connectivity index (χ1v) is 13.7. The molecule has 214 valence electrons. The van der Waals surface area contributed by atoms with Crippen LogP contribution in [0.25, 0.3) is 0 Å². The molecule has 0 bridgehead atoms. The summed E-state index contributed by atoms with van der Waals surface area (Å²) < 4.78 is 39.4. The Morgan fingerprint density at radius 3 is 2.23 bits per heavy atom. The summed E-state index contributed by atoms with van der Waals surface area (Å²) in [6, 6.07) is 11.1. The third-order valence-electron chi connectivity index (χ3n) is 8.04. The number of rotatable bonds is 9. The van der Waals surface area contributed by atoms with E-state index in [2.05, 4.69) is 12.2 Å². The number of carbonyl (C=O) groups is 3. The highest BCUT2D eigenvalue weighted by molar-refractivity contribution is 6.46. The van der Waals surface area contributed by atoms with E-state index in [0.717, 1.165) is 37.0 Å². The van der Waals surface area contributed by atoms with E-state index in [1.54, 1.807) is 24.3 Å². The molecule has 0 saturated heterocycles. The number of benzene rings is 2. The molecule has 1 atom stereocenters. The van der Waals surface area contributed by atoms with Crippen molar-refractivity contribution in [2.75, 3.05) is 6.54 Å². The maximum absolute atomic E-state index is 14.0. The molecular weight excluding hydrogens is 523 g/mol. The van der Waals surface area contributed by atoms with Crippen molar-refractivity contribution in [2.45, 2.75) is 76.7 Å². The Balaban J connectivity index is 1.64. The van der Waals surface area contributed by atoms with E-state index < -0.39 is 23.4 Å². The zero-order valence-corrected chi connectivity index (χ0v) is 22.6. The Labute approximate surface area is 231 Å². The van der Waals surface area contributed by atoms with Crippen molar-refractivity contribution < 1.29 is 32.7 Å². The van der Waals surface area contributed by atoms with Crippen molar-refractivity contribution in [1.82, 2.24) is 10.2 Å². The first-order valence-electron chi connectivity index (χ1n) is 13.7. The van der Waals surface area contributed by atoms with Crippen LogP contribution in [0.1, 0.15) is 91.9 Å². The summed E-state index contributed by atoms with van der Waals surface area (Å²) in [5.41, 5.74) is 0.164. The molecule has 2 amide bonds. The molecule has 0 unspecified atom stereocenters. The van der Waals surface area contributed by atoms with Gasteiger partial charge >= 0.3 is 12.1 Å². The lowest BCUT2D eigenvalue weighted by Gasteiger charge is -2.45. The minimum Gasteiger partial charge on any atom is -0.481 e. The Morgan fingerprint density at radius 2 is 1.70 bits per heavy atom. The maximum Gasteiger partial charge on any atom is 0.416 e. The van der Waals surface area contributed by atoms with Gasteiger partial charge in [0.25, 0.3) is 11.8 Å². The molecule has 7 nitrogen and oxygen atoms in total. The van der Waals surface area contributed by atoms with Crippen LogP contribution in [0.4, 0.5) is 13.2 Å². The van der Waals surface area contributed by atoms with Gasteiger partial charge in [-0.25, -0.2) is 0 Å². The molecule has 2 aromatic rings. The van der Waals surface area contributed by atoms with Crippen LogP contribution in [-0.4, -0.2) is 45.7 Å². The number of nitrogens with one attached hydrogen (secondary N) is 1. The predicted molar refractivity (Wildman–Crippen MR) is 144 cm³/mol. The number of amides is 2. The molecule has 1 aliphatic carbocycles. The van der Waals surface area contributed by atoms with Gasteiger partial charge in [-0.1, -0.05) is 44.5 Å². The topological polar surface area (TPSA) is 99.1 Å². The average molecular weight is 558 g/mol. The Hall–Kier alpha value is -3.69. The summed E-state index contributed by atoms with van der Waals surface area (Å²) in [5.74, 6) is -1.17. The largest absolute Gasteiger partial charge is 0.481 e. The number of halogens is 3. The molecule has 4 rings (SSSR count). The quantitative estimate of drug-likeness (QED) is 0.396. The molecule has 1 fully saturated rings. The molecule has 1 heterocycles. The van der Waals surface area contributed by atoms with E-state index in [1.165, 1.54) is 12.1 Å². The fourth-order valence-electron chi connectivity index (χ4n) is 5.76. The van der Waals surface area contributed by atoms with Crippen LogP contribution in [0, 0.1) is 5.92 Å². The number of aliphatic imine (C=N–C) groups is 1. The lowest BCUT2D eigenvalue weighted by molar-refractivity contribution is -0.138. The van der Waals surface area contributed by atoms with Gasteiger partial charge in [-0.05, 0) is 67.9 Å². The van der Waals surface area contributed by atoms with Gasteiger partial charge in [-0.15, -0.1) is 0 Å². The summed E-state index contributed by atoms with van der Waals surface area (Å²) in [5, 5.41) is 11.4. The average Bonchev–Trinajstić information content (AvgIpc) is 3.20. The fraction of sp³-hybridized carbons (Fsp3) is 0.467. The predicted octanol–water partition coefficient (Wildman–Crippen LogP) is 5.99. The van der Waals surface area contributed by atoms with Crippen LogP contribution >= 0.6 is 0 Å². The summed E-state index contributed by atoms with van der Waals surface area (Å²) in [4.78, 5) is 43.9. The Morgan fingerprint density at radius 1 is 1.07 bits per heavy atom. The van der Waals surface area contributed by atoms with E-state index in [-0.39, 0.29) is 36.5 Å². The van der Waals surface area contributed by atoms with Gasteiger partial charge in [-0.2, -0.15) is 13.2 Å². The lowest BCUT2D eigenvalue weighted by Crippen LogP contribution is -2.50. The van der Waals surface area contributed by atoms with Crippen LogP contribution in [0.5, 0.6) is 0 Å². The molecule has 2 aromatic carbocycles. The van der Waals surface area contributed by atoms with Gasteiger partial charge in [0.15, 0.2) is 0 Å². The van der Waals surface area contributed by atoms with Crippen molar-refractivity contribution in [3.05, 3.63) is 70.8 Å². The van der Waals surface area contributed by atoms with Crippen LogP contribution in [0.3, 0.4) is 0 Å². The minimum absolute atomic E-state index is 0.0150. The van der Waals surface area contributed by atoms with Gasteiger partial charge in [0, 0.05) is 17.7 Å². The highest BCUT2D eigenvalue weighted by Gasteiger charge is 2.51. The van der Waals surface area contributed by atoms with E-state index in [9.17, 15) is 27.6 Å². The summed E-state index contributed by atoms with van der Waals surface area (Å²) in [6.07, 6.45) is 0.0899. The summed E-state index contributed by atoms with van der Waals surface area (Å²) in [7, 11) is 0. The van der Waals surface area contributed by atoms with Crippen LogP contribution in [0.2, 0.25) is 0 Å². The van der Waals surface area contributed by atoms with E-state index in [0.29, 0.717) is 36.3 Å². The van der Waals surface area contributed by atoms with Gasteiger partial charge in [0.05, 0.1) is 18.0 Å². The van der Waals surface area contributed by atoms with E-state index in [4.69, 9.17) is 10.1 Å². The molecule has 1 aliphatic heterocycles. The molecule has 2 N–H and O–H groups in total. The van der Waals surface area contributed by atoms with Gasteiger partial charge < -0.3 is 15.3 Å². The molecule has 1 saturated carbocycles. The molecule has 2 aliphatic rings.